The number of rotatable bonds is 7. The van der Waals surface area contributed by atoms with E-state index in [2.05, 4.69) is 31.2 Å². The third kappa shape index (κ3) is 6.89. The summed E-state index contributed by atoms with van der Waals surface area (Å²) in [6.07, 6.45) is 1.61. The van der Waals surface area contributed by atoms with E-state index in [4.69, 9.17) is 9.90 Å². The number of benzene rings is 1. The highest BCUT2D eigenvalue weighted by atomic mass is 16.3. The van der Waals surface area contributed by atoms with Crippen molar-refractivity contribution in [3.63, 3.8) is 0 Å². The molecule has 1 fully saturated rings. The molecule has 1 aliphatic heterocycles. The minimum Gasteiger partial charge on any atom is -0.483 e. The summed E-state index contributed by atoms with van der Waals surface area (Å²) in [4.78, 5) is 24.9. The highest BCUT2D eigenvalue weighted by Crippen LogP contribution is 2.34. The molecular weight excluding hydrogens is 360 g/mol. The number of nitrogens with zero attached hydrogens (tertiary/aromatic N) is 2. The zero-order valence-electron chi connectivity index (χ0n) is 17.2. The number of aliphatic hydroxyl groups is 2. The number of carboxylic acid groups (broad SMARTS) is 1. The second-order valence-electron chi connectivity index (χ2n) is 7.65. The summed E-state index contributed by atoms with van der Waals surface area (Å²) in [5, 5.41) is 27.1. The van der Waals surface area contributed by atoms with Crippen LogP contribution in [-0.4, -0.2) is 76.9 Å². The third-order valence-electron chi connectivity index (χ3n) is 5.28. The smallest absolute Gasteiger partial charge is 0.290 e. The summed E-state index contributed by atoms with van der Waals surface area (Å²) in [5.74, 6) is 0.0652. The molecule has 2 atom stereocenters. The van der Waals surface area contributed by atoms with Crippen LogP contribution in [0.25, 0.3) is 0 Å². The lowest BCUT2D eigenvalue weighted by Crippen LogP contribution is -2.56. The molecule has 0 spiro atoms. The number of carbonyl (C=O) groups excluding carboxylic acids is 1. The van der Waals surface area contributed by atoms with E-state index in [1.54, 1.807) is 0 Å². The van der Waals surface area contributed by atoms with Crippen molar-refractivity contribution in [1.82, 2.24) is 9.80 Å². The summed E-state index contributed by atoms with van der Waals surface area (Å²) < 4.78 is 0. The highest BCUT2D eigenvalue weighted by molar-refractivity contribution is 5.78. The number of aryl methyl sites for hydroxylation is 1. The molecule has 7 heteroatoms. The van der Waals surface area contributed by atoms with Gasteiger partial charge in [0.05, 0.1) is 19.3 Å². The monoisotopic (exact) mass is 394 g/mol. The van der Waals surface area contributed by atoms with Gasteiger partial charge in [-0.25, -0.2) is 0 Å². The standard InChI is InChI=1S/C20H32N2O3.CH2O2/c1-4-10-20(15-23)14-22(11-9-18(20)24)19(25)13-21(3)12-17-7-5-16(2)6-8-17;2-1-3/h5-8,18,23-24H,4,9-15H2,1-3H3;1H,(H,2,3)/t18-,20+;/m1./s1. The fraction of sp³-hybridized carbons (Fsp3) is 0.619. The summed E-state index contributed by atoms with van der Waals surface area (Å²) in [6.45, 7) is 5.84. The molecular formula is C21H34N2O5. The van der Waals surface area contributed by atoms with Crippen LogP contribution in [0.4, 0.5) is 0 Å². The molecule has 1 aromatic rings. The first-order valence-electron chi connectivity index (χ1n) is 9.70. The predicted octanol–water partition coefficient (Wildman–Crippen LogP) is 1.50. The van der Waals surface area contributed by atoms with Gasteiger partial charge in [0.15, 0.2) is 0 Å². The van der Waals surface area contributed by atoms with Gasteiger partial charge in [-0.3, -0.25) is 14.5 Å². The van der Waals surface area contributed by atoms with Gasteiger partial charge in [0.1, 0.15) is 0 Å². The first-order chi connectivity index (χ1) is 13.3. The minimum atomic E-state index is -0.571. The lowest BCUT2D eigenvalue weighted by atomic mass is 9.74. The number of hydrogen-bond acceptors (Lipinski definition) is 5. The number of amides is 1. The Hall–Kier alpha value is -1.96. The van der Waals surface area contributed by atoms with Crippen molar-refractivity contribution in [3.05, 3.63) is 35.4 Å². The van der Waals surface area contributed by atoms with E-state index in [1.807, 2.05) is 23.8 Å². The quantitative estimate of drug-likeness (QED) is 0.606. The molecule has 1 amide bonds. The van der Waals surface area contributed by atoms with E-state index in [0.29, 0.717) is 26.1 Å². The molecule has 158 valence electrons. The second kappa shape index (κ2) is 11.8. The van der Waals surface area contributed by atoms with E-state index in [1.165, 1.54) is 11.1 Å². The maximum atomic E-state index is 12.7. The van der Waals surface area contributed by atoms with Crippen molar-refractivity contribution in [2.75, 3.05) is 33.3 Å². The Morgan fingerprint density at radius 1 is 1.36 bits per heavy atom. The van der Waals surface area contributed by atoms with Crippen LogP contribution in [0.5, 0.6) is 0 Å². The van der Waals surface area contributed by atoms with E-state index < -0.39 is 11.5 Å². The maximum absolute atomic E-state index is 12.7. The van der Waals surface area contributed by atoms with Gasteiger partial charge < -0.3 is 20.2 Å². The fourth-order valence-corrected chi connectivity index (χ4v) is 3.73. The van der Waals surface area contributed by atoms with Crippen molar-refractivity contribution in [2.45, 2.75) is 45.8 Å². The molecule has 0 aromatic heterocycles. The van der Waals surface area contributed by atoms with Crippen LogP contribution >= 0.6 is 0 Å². The average molecular weight is 395 g/mol. The van der Waals surface area contributed by atoms with Crippen LogP contribution in [0.1, 0.15) is 37.3 Å². The number of piperidine rings is 1. The van der Waals surface area contributed by atoms with Gasteiger partial charge in [-0.05, 0) is 32.4 Å². The zero-order valence-corrected chi connectivity index (χ0v) is 17.2. The van der Waals surface area contributed by atoms with Crippen molar-refractivity contribution in [3.8, 4) is 0 Å². The van der Waals surface area contributed by atoms with Gasteiger partial charge in [0, 0.05) is 25.0 Å². The van der Waals surface area contributed by atoms with Gasteiger partial charge in [-0.2, -0.15) is 0 Å². The number of carbonyl (C=O) groups is 2. The van der Waals surface area contributed by atoms with E-state index >= 15 is 0 Å². The molecule has 28 heavy (non-hydrogen) atoms. The lowest BCUT2D eigenvalue weighted by Gasteiger charge is -2.45. The molecule has 1 saturated heterocycles. The van der Waals surface area contributed by atoms with E-state index in [-0.39, 0.29) is 19.0 Å². The molecule has 0 unspecified atom stereocenters. The first-order valence-corrected chi connectivity index (χ1v) is 9.70. The normalized spacial score (nSPS) is 21.8. The first kappa shape index (κ1) is 24.1. The summed E-state index contributed by atoms with van der Waals surface area (Å²) in [5.41, 5.74) is 1.84. The van der Waals surface area contributed by atoms with Gasteiger partial charge in [-0.15, -0.1) is 0 Å². The average Bonchev–Trinajstić information content (AvgIpc) is 2.66. The molecule has 3 N–H and O–H groups in total. The van der Waals surface area contributed by atoms with Crippen LogP contribution in [-0.2, 0) is 16.1 Å². The number of likely N-dealkylation sites (tertiary alicyclic amines) is 1. The van der Waals surface area contributed by atoms with Crippen molar-refractivity contribution >= 4 is 12.4 Å². The Morgan fingerprint density at radius 3 is 2.50 bits per heavy atom. The number of aliphatic hydroxyl groups excluding tert-OH is 2. The van der Waals surface area contributed by atoms with E-state index in [0.717, 1.165) is 19.4 Å². The molecule has 0 aliphatic carbocycles. The van der Waals surface area contributed by atoms with E-state index in [9.17, 15) is 15.0 Å². The number of hydrogen-bond donors (Lipinski definition) is 3. The molecule has 0 bridgehead atoms. The fourth-order valence-electron chi connectivity index (χ4n) is 3.73. The largest absolute Gasteiger partial charge is 0.483 e. The lowest BCUT2D eigenvalue weighted by molar-refractivity contribution is -0.143. The maximum Gasteiger partial charge on any atom is 0.290 e. The van der Waals surface area contributed by atoms with Crippen molar-refractivity contribution < 1.29 is 24.9 Å². The molecule has 1 heterocycles. The molecule has 1 aliphatic rings. The molecule has 0 saturated carbocycles. The Kier molecular flexibility index (Phi) is 10.1. The highest BCUT2D eigenvalue weighted by Gasteiger charge is 2.42. The Bertz CT molecular complexity index is 607. The van der Waals surface area contributed by atoms with Crippen LogP contribution in [0, 0.1) is 12.3 Å². The van der Waals surface area contributed by atoms with Crippen LogP contribution in [0.2, 0.25) is 0 Å². The van der Waals surface area contributed by atoms with Gasteiger partial charge >= 0.3 is 0 Å². The Labute approximate surface area is 167 Å². The Balaban J connectivity index is 0.00000122. The minimum absolute atomic E-state index is 0.0652. The van der Waals surface area contributed by atoms with Crippen LogP contribution in [0.3, 0.4) is 0 Å². The summed E-state index contributed by atoms with van der Waals surface area (Å²) in [6, 6.07) is 8.34. The Morgan fingerprint density at radius 2 is 1.96 bits per heavy atom. The van der Waals surface area contributed by atoms with Gasteiger partial charge in [-0.1, -0.05) is 43.2 Å². The summed E-state index contributed by atoms with van der Waals surface area (Å²) in [7, 11) is 1.95. The van der Waals surface area contributed by atoms with Gasteiger partial charge in [0.25, 0.3) is 6.47 Å². The number of likely N-dealkylation sites (N-methyl/N-ethyl adjacent to an activating group) is 1. The molecule has 2 rings (SSSR count). The molecule has 0 radical (unpaired) electrons. The summed E-state index contributed by atoms with van der Waals surface area (Å²) >= 11 is 0. The van der Waals surface area contributed by atoms with Crippen molar-refractivity contribution in [1.29, 1.82) is 0 Å². The van der Waals surface area contributed by atoms with Gasteiger partial charge in [0.2, 0.25) is 5.91 Å². The van der Waals surface area contributed by atoms with Crippen LogP contribution in [0.15, 0.2) is 24.3 Å². The SMILES string of the molecule is CCC[C@@]1(CO)CN(C(=O)CN(C)Cc2ccc(C)cc2)CC[C@H]1O.O=CO. The van der Waals surface area contributed by atoms with Crippen molar-refractivity contribution in [2.24, 2.45) is 5.41 Å². The molecule has 7 nitrogen and oxygen atoms in total. The van der Waals surface area contributed by atoms with Crippen LogP contribution < -0.4 is 0 Å². The zero-order chi connectivity index (χ0) is 21.2. The molecule has 1 aromatic carbocycles. The second-order valence-corrected chi connectivity index (χ2v) is 7.65. The third-order valence-corrected chi connectivity index (χ3v) is 5.28. The topological polar surface area (TPSA) is 101 Å². The predicted molar refractivity (Wildman–Crippen MR) is 108 cm³/mol.